The number of aryl methyl sites for hydroxylation is 2. The number of anilines is 1. The summed E-state index contributed by atoms with van der Waals surface area (Å²) < 4.78 is 1.80. The minimum absolute atomic E-state index is 0.0325. The Morgan fingerprint density at radius 2 is 2.04 bits per heavy atom. The maximum atomic E-state index is 12.2. The standard InChI is InChI=1S/C21H23N5O/c22-13-5-2-6-14-26-16-19(15-23-26)25-21(27)12-10-18-9-11-20(24-18)17-7-3-1-4-8-17/h1,3-4,7-9,11,15-16,24H,2,5-6,10,12,14H2,(H,25,27). The van der Waals surface area contributed by atoms with Crippen LogP contribution in [-0.4, -0.2) is 20.7 Å². The van der Waals surface area contributed by atoms with E-state index in [1.165, 1.54) is 0 Å². The monoisotopic (exact) mass is 361 g/mol. The van der Waals surface area contributed by atoms with Gasteiger partial charge in [0.25, 0.3) is 0 Å². The molecule has 0 atom stereocenters. The third kappa shape index (κ3) is 5.58. The van der Waals surface area contributed by atoms with Crippen LogP contribution in [0.15, 0.2) is 54.9 Å². The van der Waals surface area contributed by atoms with Gasteiger partial charge >= 0.3 is 0 Å². The number of hydrogen-bond acceptors (Lipinski definition) is 3. The van der Waals surface area contributed by atoms with Gasteiger partial charge in [0.05, 0.1) is 18.0 Å². The highest BCUT2D eigenvalue weighted by atomic mass is 16.1. The Morgan fingerprint density at radius 3 is 2.85 bits per heavy atom. The van der Waals surface area contributed by atoms with Crippen LogP contribution in [0, 0.1) is 11.3 Å². The zero-order valence-electron chi connectivity index (χ0n) is 15.2. The summed E-state index contributed by atoms with van der Waals surface area (Å²) in [4.78, 5) is 15.5. The van der Waals surface area contributed by atoms with Gasteiger partial charge < -0.3 is 10.3 Å². The molecule has 1 aromatic carbocycles. The van der Waals surface area contributed by atoms with Gasteiger partial charge in [-0.05, 0) is 37.0 Å². The van der Waals surface area contributed by atoms with Gasteiger partial charge in [-0.25, -0.2) is 0 Å². The van der Waals surface area contributed by atoms with Gasteiger partial charge in [-0.3, -0.25) is 9.48 Å². The van der Waals surface area contributed by atoms with Crippen molar-refractivity contribution in [2.75, 3.05) is 5.32 Å². The number of nitrogens with one attached hydrogen (secondary N) is 2. The van der Waals surface area contributed by atoms with Crippen molar-refractivity contribution in [2.45, 2.75) is 38.6 Å². The molecule has 0 fully saturated rings. The molecule has 138 valence electrons. The number of aromatic nitrogens is 3. The lowest BCUT2D eigenvalue weighted by Crippen LogP contribution is -2.12. The largest absolute Gasteiger partial charge is 0.358 e. The zero-order chi connectivity index (χ0) is 18.9. The maximum absolute atomic E-state index is 12.2. The molecule has 2 heterocycles. The molecule has 6 nitrogen and oxygen atoms in total. The molecule has 0 spiro atoms. The van der Waals surface area contributed by atoms with E-state index < -0.39 is 0 Å². The zero-order valence-corrected chi connectivity index (χ0v) is 15.2. The average Bonchev–Trinajstić information content (AvgIpc) is 3.34. The minimum Gasteiger partial charge on any atom is -0.358 e. The van der Waals surface area contributed by atoms with Crippen molar-refractivity contribution in [3.05, 3.63) is 60.6 Å². The number of hydrogen-bond donors (Lipinski definition) is 2. The molecule has 0 aliphatic rings. The molecule has 0 radical (unpaired) electrons. The van der Waals surface area contributed by atoms with Crippen LogP contribution < -0.4 is 5.32 Å². The lowest BCUT2D eigenvalue weighted by Gasteiger charge is -2.02. The number of rotatable bonds is 9. The Morgan fingerprint density at radius 1 is 1.19 bits per heavy atom. The summed E-state index contributed by atoms with van der Waals surface area (Å²) in [6, 6.07) is 16.3. The van der Waals surface area contributed by atoms with Crippen molar-refractivity contribution >= 4 is 11.6 Å². The molecule has 0 saturated heterocycles. The molecule has 0 aliphatic carbocycles. The molecule has 3 rings (SSSR count). The van der Waals surface area contributed by atoms with Crippen LogP contribution in [0.25, 0.3) is 11.3 Å². The Balaban J connectivity index is 1.44. The van der Waals surface area contributed by atoms with Gasteiger partial charge in [0, 0.05) is 37.0 Å². The van der Waals surface area contributed by atoms with E-state index in [1.54, 1.807) is 10.9 Å². The average molecular weight is 361 g/mol. The summed E-state index contributed by atoms with van der Waals surface area (Å²) >= 11 is 0. The van der Waals surface area contributed by atoms with Gasteiger partial charge in [-0.1, -0.05) is 30.3 Å². The number of unbranched alkanes of at least 4 members (excludes halogenated alkanes) is 2. The highest BCUT2D eigenvalue weighted by molar-refractivity contribution is 5.90. The first-order valence-corrected chi connectivity index (χ1v) is 9.17. The second kappa shape index (κ2) is 9.39. The quantitative estimate of drug-likeness (QED) is 0.562. The molecule has 6 heteroatoms. The Kier molecular flexibility index (Phi) is 6.42. The summed E-state index contributed by atoms with van der Waals surface area (Å²) in [7, 11) is 0. The number of benzene rings is 1. The molecule has 0 bridgehead atoms. The summed E-state index contributed by atoms with van der Waals surface area (Å²) in [5, 5.41) is 15.7. The summed E-state index contributed by atoms with van der Waals surface area (Å²) in [6.45, 7) is 0.752. The van der Waals surface area contributed by atoms with Crippen molar-refractivity contribution in [1.29, 1.82) is 5.26 Å². The molecular formula is C21H23N5O. The number of aromatic amines is 1. The fraction of sp³-hybridized carbons (Fsp3) is 0.286. The smallest absolute Gasteiger partial charge is 0.224 e. The predicted octanol–water partition coefficient (Wildman–Crippen LogP) is 4.14. The number of carbonyl (C=O) groups excluding carboxylic acids is 1. The first-order chi connectivity index (χ1) is 13.2. The molecule has 2 N–H and O–H groups in total. The van der Waals surface area contributed by atoms with E-state index in [0.29, 0.717) is 24.9 Å². The number of carbonyl (C=O) groups is 1. The van der Waals surface area contributed by atoms with Crippen molar-refractivity contribution in [2.24, 2.45) is 0 Å². The normalized spacial score (nSPS) is 10.5. The Bertz CT molecular complexity index is 904. The van der Waals surface area contributed by atoms with E-state index in [-0.39, 0.29) is 5.91 Å². The Labute approximate surface area is 158 Å². The fourth-order valence-corrected chi connectivity index (χ4v) is 2.87. The second-order valence-corrected chi connectivity index (χ2v) is 6.42. The number of amides is 1. The van der Waals surface area contributed by atoms with Crippen LogP contribution in [0.4, 0.5) is 5.69 Å². The SMILES string of the molecule is N#CCCCCn1cc(NC(=O)CCc2ccc(-c3ccccc3)[nH]2)cn1. The third-order valence-electron chi connectivity index (χ3n) is 4.30. The number of nitriles is 1. The van der Waals surface area contributed by atoms with Gasteiger partial charge in [0.2, 0.25) is 5.91 Å². The molecule has 3 aromatic rings. The van der Waals surface area contributed by atoms with E-state index in [1.807, 2.05) is 36.5 Å². The molecule has 0 aliphatic heterocycles. The van der Waals surface area contributed by atoms with Crippen molar-refractivity contribution in [1.82, 2.24) is 14.8 Å². The maximum Gasteiger partial charge on any atom is 0.224 e. The second-order valence-electron chi connectivity index (χ2n) is 6.42. The molecule has 1 amide bonds. The topological polar surface area (TPSA) is 86.5 Å². The van der Waals surface area contributed by atoms with E-state index in [0.717, 1.165) is 36.3 Å². The Hall–Kier alpha value is -3.33. The molecule has 0 saturated carbocycles. The summed E-state index contributed by atoms with van der Waals surface area (Å²) in [6.07, 6.45) is 6.87. The van der Waals surface area contributed by atoms with Gasteiger partial charge in [0.1, 0.15) is 0 Å². The van der Waals surface area contributed by atoms with Crippen molar-refractivity contribution < 1.29 is 4.79 Å². The summed E-state index contributed by atoms with van der Waals surface area (Å²) in [5.41, 5.74) is 3.94. The van der Waals surface area contributed by atoms with Crippen molar-refractivity contribution in [3.8, 4) is 17.3 Å². The number of nitrogens with zero attached hydrogens (tertiary/aromatic N) is 3. The van der Waals surface area contributed by atoms with Crippen LogP contribution in [0.5, 0.6) is 0 Å². The highest BCUT2D eigenvalue weighted by Gasteiger charge is 2.07. The van der Waals surface area contributed by atoms with Crippen LogP contribution in [-0.2, 0) is 17.8 Å². The first kappa shape index (κ1) is 18.5. The van der Waals surface area contributed by atoms with E-state index in [2.05, 4.69) is 33.6 Å². The predicted molar refractivity (Wildman–Crippen MR) is 105 cm³/mol. The minimum atomic E-state index is -0.0325. The highest BCUT2D eigenvalue weighted by Crippen LogP contribution is 2.18. The molecule has 0 unspecified atom stereocenters. The first-order valence-electron chi connectivity index (χ1n) is 9.17. The van der Waals surface area contributed by atoms with E-state index in [9.17, 15) is 4.79 Å². The summed E-state index contributed by atoms with van der Waals surface area (Å²) in [5.74, 6) is -0.0325. The lowest BCUT2D eigenvalue weighted by atomic mass is 10.2. The lowest BCUT2D eigenvalue weighted by molar-refractivity contribution is -0.116. The van der Waals surface area contributed by atoms with E-state index >= 15 is 0 Å². The van der Waals surface area contributed by atoms with Crippen LogP contribution in [0.3, 0.4) is 0 Å². The third-order valence-corrected chi connectivity index (χ3v) is 4.30. The van der Waals surface area contributed by atoms with Gasteiger partial charge in [-0.15, -0.1) is 0 Å². The van der Waals surface area contributed by atoms with Gasteiger partial charge in [0.15, 0.2) is 0 Å². The molecule has 2 aromatic heterocycles. The molecule has 27 heavy (non-hydrogen) atoms. The molecular weight excluding hydrogens is 338 g/mol. The van der Waals surface area contributed by atoms with Crippen LogP contribution in [0.1, 0.15) is 31.4 Å². The van der Waals surface area contributed by atoms with Crippen LogP contribution in [0.2, 0.25) is 0 Å². The van der Waals surface area contributed by atoms with Gasteiger partial charge in [-0.2, -0.15) is 10.4 Å². The van der Waals surface area contributed by atoms with Crippen molar-refractivity contribution in [3.63, 3.8) is 0 Å². The number of H-pyrrole nitrogens is 1. The van der Waals surface area contributed by atoms with Crippen LogP contribution >= 0.6 is 0 Å². The van der Waals surface area contributed by atoms with E-state index in [4.69, 9.17) is 5.26 Å². The fourth-order valence-electron chi connectivity index (χ4n) is 2.87.